The first-order valence-electron chi connectivity index (χ1n) is 10.3. The van der Waals surface area contributed by atoms with Crippen LogP contribution in [0.1, 0.15) is 0 Å². The Morgan fingerprint density at radius 2 is 1.22 bits per heavy atom. The number of carboxylic acid groups (broad SMARTS) is 1. The molecule has 10 saturated heterocycles. The third-order valence-corrected chi connectivity index (χ3v) is 67.1. The Hall–Kier alpha value is -1.14. The van der Waals surface area contributed by atoms with Crippen LogP contribution < -0.4 is 10.6 Å². The monoisotopic (exact) mass is 414 g/mol. The summed E-state index contributed by atoms with van der Waals surface area (Å²) in [4.78, 5) is 20.4. The van der Waals surface area contributed by atoms with Gasteiger partial charge in [0.2, 0.25) is 0 Å². The summed E-state index contributed by atoms with van der Waals surface area (Å²) in [5, 5.41) is 13.7. The van der Waals surface area contributed by atoms with E-state index in [2.05, 4.69) is 60.7 Å². The van der Waals surface area contributed by atoms with Gasteiger partial charge in [-0.2, -0.15) is 0 Å². The summed E-state index contributed by atoms with van der Waals surface area (Å²) in [5.74, 6) is -0.301. The average molecular weight is 414 g/mol. The fraction of sp³-hybridized carbons (Fsp3) is 0.435. The molecule has 8 unspecified atom stereocenters. The van der Waals surface area contributed by atoms with Crippen LogP contribution in [0.15, 0.2) is 60.7 Å². The van der Waals surface area contributed by atoms with Crippen LogP contribution in [0.25, 0.3) is 0 Å². The molecule has 2 aromatic rings. The van der Waals surface area contributed by atoms with Gasteiger partial charge in [-0.3, -0.25) is 0 Å². The molecule has 10 heterocycles. The molecule has 0 saturated carbocycles. The van der Waals surface area contributed by atoms with E-state index in [1.165, 1.54) is 0 Å². The summed E-state index contributed by atoms with van der Waals surface area (Å²) >= 11 is 0. The van der Waals surface area contributed by atoms with E-state index in [-0.39, 0.29) is 18.2 Å². The maximum atomic E-state index is 12.8. The molecule has 4 heteroatoms. The number of fused-ring (bicyclic) bond motifs is 10. The fourth-order valence-corrected chi connectivity index (χ4v) is 109. The van der Waals surface area contributed by atoms with Crippen molar-refractivity contribution in [2.24, 2.45) is 0 Å². The van der Waals surface area contributed by atoms with Crippen LogP contribution in [0.3, 0.4) is 0 Å². The number of aliphatic carboxylic acids is 1. The quantitative estimate of drug-likeness (QED) is 0.573. The molecule has 0 radical (unpaired) electrons. The van der Waals surface area contributed by atoms with E-state index in [9.17, 15) is 9.90 Å². The summed E-state index contributed by atoms with van der Waals surface area (Å²) < 4.78 is 0.476. The van der Waals surface area contributed by atoms with Gasteiger partial charge in [-0.15, -0.1) is 0 Å². The summed E-state index contributed by atoms with van der Waals surface area (Å²) in [5.41, 5.74) is 0. The fourth-order valence-electron chi connectivity index (χ4n) is 19.3. The van der Waals surface area contributed by atoms with E-state index in [0.717, 1.165) is 38.5 Å². The minimum absolute atomic E-state index is 0.0709. The predicted octanol–water partition coefficient (Wildman–Crippen LogP) is 4.87. The normalized spacial score (nSPS) is 82.0. The average Bonchev–Trinajstić information content (AvgIpc) is 3.64. The predicted molar refractivity (Wildman–Crippen MR) is 102 cm³/mol. The Morgan fingerprint density at radius 3 is 1.56 bits per heavy atom. The Kier molecular flexibility index (Phi) is 0.594. The summed E-state index contributed by atoms with van der Waals surface area (Å²) in [6.07, 6.45) is 0. The molecule has 10 aliphatic heterocycles. The van der Waals surface area contributed by atoms with E-state index >= 15 is 0 Å². The molecule has 136 valence electrons. The molecule has 1 N–H and O–H groups in total. The zero-order chi connectivity index (χ0) is 17.3. The Labute approximate surface area is 148 Å². The van der Waals surface area contributed by atoms with E-state index < -0.39 is 6.51 Å². The number of rotatable bonds is 4. The topological polar surface area (TPSA) is 37.3 Å². The van der Waals surface area contributed by atoms with Crippen molar-refractivity contribution in [3.05, 3.63) is 60.7 Å². The van der Waals surface area contributed by atoms with Crippen LogP contribution >= 0.6 is 7.92 Å². The first-order valence-corrected chi connectivity index (χ1v) is 17.9. The first kappa shape index (κ1) is 11.8. The van der Waals surface area contributed by atoms with E-state index in [1.807, 2.05) is 0 Å². The molecule has 0 bridgehead atoms. The van der Waals surface area contributed by atoms with Crippen LogP contribution in [0.5, 0.6) is 0 Å². The third kappa shape index (κ3) is 0.191. The van der Waals surface area contributed by atoms with Crippen LogP contribution in [0.4, 0.5) is 0 Å². The molecule has 12 rings (SSSR count). The second kappa shape index (κ2) is 1.36. The van der Waals surface area contributed by atoms with Crippen molar-refractivity contribution < 1.29 is 16.4 Å². The van der Waals surface area contributed by atoms with Crippen LogP contribution in [0, 0.1) is 0 Å². The van der Waals surface area contributed by atoms with Gasteiger partial charge in [0.25, 0.3) is 0 Å². The molecule has 0 amide bonds. The standard InChI is InChI=1S/C17H14P.C6H5O2.Fe/c1-3-9-15(10-4-1)18(17-13-7-8-14-17)16-11-5-2-6-12-16;7-6(8)5-3-1-2-4-5;/h1-14H;1-4H,(H,7,8);. The van der Waals surface area contributed by atoms with Gasteiger partial charge in [-0.1, -0.05) is 0 Å². The number of hydrogen-bond donors (Lipinski definition) is 1. The molecule has 2 nitrogen and oxygen atoms in total. The second-order valence-electron chi connectivity index (χ2n) is 13.0. The van der Waals surface area contributed by atoms with Gasteiger partial charge in [0.05, 0.1) is 0 Å². The van der Waals surface area contributed by atoms with Crippen molar-refractivity contribution in [1.82, 2.24) is 0 Å². The van der Waals surface area contributed by atoms with Crippen LogP contribution in [-0.2, 0) is 11.3 Å². The Morgan fingerprint density at radius 1 is 0.778 bits per heavy atom. The van der Waals surface area contributed by atoms with Crippen molar-refractivity contribution in [3.8, 4) is 0 Å². The number of carbonyl (C=O) groups is 1. The molecule has 0 aromatic heterocycles. The van der Waals surface area contributed by atoms with Crippen molar-refractivity contribution in [2.75, 3.05) is 0 Å². The number of carboxylic acids is 1. The Balaban J connectivity index is 1.30. The number of benzene rings is 2. The third-order valence-electron chi connectivity index (χ3n) is 17.4. The van der Waals surface area contributed by atoms with E-state index in [1.54, 1.807) is 10.6 Å². The van der Waals surface area contributed by atoms with Gasteiger partial charge in [0, 0.05) is 0 Å². The zero-order valence-corrected chi connectivity index (χ0v) is 16.5. The van der Waals surface area contributed by atoms with Crippen molar-refractivity contribution in [1.29, 1.82) is 0 Å². The summed E-state index contributed by atoms with van der Waals surface area (Å²) in [6.45, 7) is -3.96. The molecule has 2 aromatic carbocycles. The molecule has 10 fully saturated rings. The molecule has 1 spiro atoms. The van der Waals surface area contributed by atoms with Gasteiger partial charge in [-0.25, -0.2) is 0 Å². The van der Waals surface area contributed by atoms with Crippen molar-refractivity contribution in [2.45, 2.75) is 46.9 Å². The summed E-state index contributed by atoms with van der Waals surface area (Å²) in [7, 11) is -0.388. The number of hydrogen-bond acceptors (Lipinski definition) is 1. The van der Waals surface area contributed by atoms with Gasteiger partial charge < -0.3 is 0 Å². The van der Waals surface area contributed by atoms with Crippen LogP contribution in [-0.4, -0.2) is 15.1 Å². The molecular formula is C23H19FeO2P. The zero-order valence-electron chi connectivity index (χ0n) is 14.5. The van der Waals surface area contributed by atoms with Gasteiger partial charge >= 0.3 is 148 Å². The van der Waals surface area contributed by atoms with E-state index in [4.69, 9.17) is 0 Å². The summed E-state index contributed by atoms with van der Waals surface area (Å²) in [6, 6.07) is 22.6. The van der Waals surface area contributed by atoms with Crippen molar-refractivity contribution >= 4 is 24.5 Å². The van der Waals surface area contributed by atoms with Crippen LogP contribution in [0.2, 0.25) is 42.8 Å². The maximum absolute atomic E-state index is 12.8. The molecule has 10 aliphatic rings. The first-order chi connectivity index (χ1) is 13.0. The SMILES string of the molecule is O=C(O)[C]12[CH]3[CH]4[CH]5[CH]1[Fe]45321678[CH]2[CH]1[CH]6[C]7(P(c1ccccc1)c1ccccc1)[CH]28. The molecule has 0 aliphatic carbocycles. The van der Waals surface area contributed by atoms with Gasteiger partial charge in [-0.05, 0) is 0 Å². The molecule has 27 heavy (non-hydrogen) atoms. The van der Waals surface area contributed by atoms with Crippen molar-refractivity contribution in [3.63, 3.8) is 0 Å². The molecular weight excluding hydrogens is 395 g/mol. The second-order valence-corrected chi connectivity index (χ2v) is 39.1. The molecule has 8 atom stereocenters. The van der Waals surface area contributed by atoms with E-state index in [0.29, 0.717) is 4.05 Å². The Bertz CT molecular complexity index is 1570. The van der Waals surface area contributed by atoms with Gasteiger partial charge in [0.15, 0.2) is 0 Å². The van der Waals surface area contributed by atoms with Gasteiger partial charge in [0.1, 0.15) is 0 Å². The minimum atomic E-state index is -3.96.